The number of hydrogen-bond acceptors (Lipinski definition) is 6. The van der Waals surface area contributed by atoms with Gasteiger partial charge in [-0.1, -0.05) is 0 Å². The second kappa shape index (κ2) is 6.05. The van der Waals surface area contributed by atoms with Crippen LogP contribution in [-0.2, 0) is 24.2 Å². The molecular formula is C18H23N7O. The first-order valence-corrected chi connectivity index (χ1v) is 9.32. The summed E-state index contributed by atoms with van der Waals surface area (Å²) in [6.07, 6.45) is 5.64. The Bertz CT molecular complexity index is 941. The largest absolute Gasteiger partial charge is 0.381 e. The summed E-state index contributed by atoms with van der Waals surface area (Å²) in [5.41, 5.74) is 4.75. The lowest BCUT2D eigenvalue weighted by atomic mass is 10.0. The topological polar surface area (TPSA) is 73.4 Å². The molecule has 0 aromatic carbocycles. The van der Waals surface area contributed by atoms with Gasteiger partial charge in [-0.15, -0.1) is 0 Å². The van der Waals surface area contributed by atoms with E-state index in [9.17, 15) is 0 Å². The molecule has 3 aromatic rings. The summed E-state index contributed by atoms with van der Waals surface area (Å²) in [7, 11) is 0. The third-order valence-corrected chi connectivity index (χ3v) is 5.54. The highest BCUT2D eigenvalue weighted by molar-refractivity contribution is 5.73. The van der Waals surface area contributed by atoms with Gasteiger partial charge in [0.05, 0.1) is 30.7 Å². The van der Waals surface area contributed by atoms with E-state index in [4.69, 9.17) is 9.72 Å². The minimum atomic E-state index is 0.324. The van der Waals surface area contributed by atoms with Crippen LogP contribution in [0.2, 0.25) is 0 Å². The number of rotatable bonds is 3. The highest BCUT2D eigenvalue weighted by Crippen LogP contribution is 2.34. The van der Waals surface area contributed by atoms with E-state index in [1.165, 1.54) is 11.3 Å². The van der Waals surface area contributed by atoms with Gasteiger partial charge in [0.25, 0.3) is 0 Å². The van der Waals surface area contributed by atoms with Gasteiger partial charge in [0.1, 0.15) is 17.7 Å². The standard InChI is InChI=1S/C18H23N7O/c1-3-24-15-9-23(6-4-13(15)8-20-24)18-17-16(14-5-7-26-10-14)22-12(2)25(17)21-11-19-18/h8,11,14H,3-7,9-10H2,1-2H3/t14-/m1/s1. The lowest BCUT2D eigenvalue weighted by Gasteiger charge is -2.29. The van der Waals surface area contributed by atoms with Gasteiger partial charge in [0, 0.05) is 25.6 Å². The van der Waals surface area contributed by atoms with Gasteiger partial charge in [-0.2, -0.15) is 10.2 Å². The fourth-order valence-corrected chi connectivity index (χ4v) is 4.16. The third kappa shape index (κ3) is 2.32. The predicted molar refractivity (Wildman–Crippen MR) is 96.4 cm³/mol. The molecule has 1 fully saturated rings. The molecule has 0 bridgehead atoms. The number of aromatic nitrogens is 6. The Kier molecular flexibility index (Phi) is 3.66. The van der Waals surface area contributed by atoms with Crippen LogP contribution in [0, 0.1) is 6.92 Å². The van der Waals surface area contributed by atoms with Crippen molar-refractivity contribution in [3.63, 3.8) is 0 Å². The van der Waals surface area contributed by atoms with Crippen LogP contribution < -0.4 is 4.90 Å². The second-order valence-corrected chi connectivity index (χ2v) is 7.05. The molecule has 5 rings (SSSR count). The smallest absolute Gasteiger partial charge is 0.158 e. The van der Waals surface area contributed by atoms with Crippen molar-refractivity contribution in [1.29, 1.82) is 0 Å². The van der Waals surface area contributed by atoms with Crippen molar-refractivity contribution < 1.29 is 4.74 Å². The quantitative estimate of drug-likeness (QED) is 0.714. The molecular weight excluding hydrogens is 330 g/mol. The first-order valence-electron chi connectivity index (χ1n) is 9.32. The number of fused-ring (bicyclic) bond motifs is 2. The molecule has 1 atom stereocenters. The molecule has 8 heteroatoms. The predicted octanol–water partition coefficient (Wildman–Crippen LogP) is 1.72. The summed E-state index contributed by atoms with van der Waals surface area (Å²) >= 11 is 0. The molecule has 3 aromatic heterocycles. The summed E-state index contributed by atoms with van der Waals surface area (Å²) in [5, 5.41) is 8.97. The second-order valence-electron chi connectivity index (χ2n) is 7.05. The summed E-state index contributed by atoms with van der Waals surface area (Å²) < 4.78 is 9.63. The number of hydrogen-bond donors (Lipinski definition) is 0. The molecule has 0 spiro atoms. The van der Waals surface area contributed by atoms with E-state index in [-0.39, 0.29) is 0 Å². The molecule has 1 saturated heterocycles. The van der Waals surface area contributed by atoms with E-state index in [1.54, 1.807) is 6.33 Å². The van der Waals surface area contributed by atoms with Crippen LogP contribution in [0.25, 0.3) is 5.52 Å². The molecule has 2 aliphatic rings. The van der Waals surface area contributed by atoms with Crippen molar-refractivity contribution in [2.45, 2.75) is 45.7 Å². The molecule has 0 N–H and O–H groups in total. The molecule has 0 amide bonds. The van der Waals surface area contributed by atoms with Gasteiger partial charge in [0.2, 0.25) is 0 Å². The van der Waals surface area contributed by atoms with E-state index in [0.29, 0.717) is 5.92 Å². The maximum atomic E-state index is 5.61. The van der Waals surface area contributed by atoms with Crippen molar-refractivity contribution in [1.82, 2.24) is 29.4 Å². The maximum Gasteiger partial charge on any atom is 0.158 e. The molecule has 8 nitrogen and oxygen atoms in total. The van der Waals surface area contributed by atoms with Crippen LogP contribution in [-0.4, -0.2) is 49.1 Å². The fraction of sp³-hybridized carbons (Fsp3) is 0.556. The number of imidazole rings is 1. The van der Waals surface area contributed by atoms with Crippen LogP contribution in [0.1, 0.15) is 42.0 Å². The average Bonchev–Trinajstić information content (AvgIpc) is 3.39. The minimum Gasteiger partial charge on any atom is -0.381 e. The van der Waals surface area contributed by atoms with Crippen molar-refractivity contribution >= 4 is 11.3 Å². The van der Waals surface area contributed by atoms with Crippen LogP contribution in [0.3, 0.4) is 0 Å². The number of aryl methyl sites for hydroxylation is 2. The zero-order valence-electron chi connectivity index (χ0n) is 15.2. The molecule has 26 heavy (non-hydrogen) atoms. The van der Waals surface area contributed by atoms with E-state index < -0.39 is 0 Å². The SMILES string of the molecule is CCn1ncc2c1CN(c1ncnn3c(C)nc([C@@H]4CCOC4)c13)CC2. The van der Waals surface area contributed by atoms with E-state index in [1.807, 2.05) is 17.6 Å². The highest BCUT2D eigenvalue weighted by atomic mass is 16.5. The van der Waals surface area contributed by atoms with Crippen molar-refractivity contribution in [3.8, 4) is 0 Å². The summed E-state index contributed by atoms with van der Waals surface area (Å²) in [4.78, 5) is 11.8. The zero-order valence-corrected chi connectivity index (χ0v) is 15.2. The molecule has 0 aliphatic carbocycles. The van der Waals surface area contributed by atoms with Crippen LogP contribution in [0.5, 0.6) is 0 Å². The molecule has 136 valence electrons. The van der Waals surface area contributed by atoms with Crippen LogP contribution in [0.15, 0.2) is 12.5 Å². The normalized spacial score (nSPS) is 20.1. The highest BCUT2D eigenvalue weighted by Gasteiger charge is 2.29. The van der Waals surface area contributed by atoms with Crippen LogP contribution >= 0.6 is 0 Å². The van der Waals surface area contributed by atoms with Crippen LogP contribution in [0.4, 0.5) is 5.82 Å². The molecule has 5 heterocycles. The Hall–Kier alpha value is -2.48. The van der Waals surface area contributed by atoms with E-state index in [0.717, 1.165) is 68.5 Å². The van der Waals surface area contributed by atoms with Gasteiger partial charge in [0.15, 0.2) is 5.82 Å². The Morgan fingerprint density at radius 3 is 3.04 bits per heavy atom. The third-order valence-electron chi connectivity index (χ3n) is 5.54. The van der Waals surface area contributed by atoms with Crippen molar-refractivity contribution in [2.75, 3.05) is 24.7 Å². The Morgan fingerprint density at radius 2 is 2.23 bits per heavy atom. The first kappa shape index (κ1) is 15.7. The summed E-state index contributed by atoms with van der Waals surface area (Å²) in [6, 6.07) is 0. The average molecular weight is 353 g/mol. The minimum absolute atomic E-state index is 0.324. The van der Waals surface area contributed by atoms with Gasteiger partial charge < -0.3 is 9.64 Å². The lowest BCUT2D eigenvalue weighted by molar-refractivity contribution is 0.193. The maximum absolute atomic E-state index is 5.61. The monoisotopic (exact) mass is 353 g/mol. The van der Waals surface area contributed by atoms with E-state index >= 15 is 0 Å². The summed E-state index contributed by atoms with van der Waals surface area (Å²) in [6.45, 7) is 8.30. The van der Waals surface area contributed by atoms with Gasteiger partial charge >= 0.3 is 0 Å². The number of anilines is 1. The van der Waals surface area contributed by atoms with Gasteiger partial charge in [-0.05, 0) is 32.3 Å². The first-order chi connectivity index (χ1) is 12.8. The Labute approximate surface area is 151 Å². The molecule has 0 radical (unpaired) electrons. The zero-order chi connectivity index (χ0) is 17.7. The Balaban J connectivity index is 1.61. The lowest BCUT2D eigenvalue weighted by Crippen LogP contribution is -2.32. The van der Waals surface area contributed by atoms with Crippen molar-refractivity contribution in [3.05, 3.63) is 35.3 Å². The fourth-order valence-electron chi connectivity index (χ4n) is 4.16. The number of nitrogens with zero attached hydrogens (tertiary/aromatic N) is 7. The molecule has 0 saturated carbocycles. The van der Waals surface area contributed by atoms with Gasteiger partial charge in [-0.25, -0.2) is 14.5 Å². The Morgan fingerprint density at radius 1 is 1.31 bits per heavy atom. The summed E-state index contributed by atoms with van der Waals surface area (Å²) in [5.74, 6) is 2.20. The van der Waals surface area contributed by atoms with E-state index in [2.05, 4.69) is 31.7 Å². The molecule has 0 unspecified atom stereocenters. The molecule has 2 aliphatic heterocycles. The number of ether oxygens (including phenoxy) is 1. The van der Waals surface area contributed by atoms with Crippen molar-refractivity contribution in [2.24, 2.45) is 0 Å². The van der Waals surface area contributed by atoms with Gasteiger partial charge in [-0.3, -0.25) is 4.68 Å².